The van der Waals surface area contributed by atoms with Gasteiger partial charge in [0.1, 0.15) is 12.4 Å². The zero-order valence-corrected chi connectivity index (χ0v) is 18.0. The number of carboxylic acids is 1. The van der Waals surface area contributed by atoms with Gasteiger partial charge in [-0.2, -0.15) is 0 Å². The molecule has 30 heavy (non-hydrogen) atoms. The Balaban J connectivity index is 1.71. The summed E-state index contributed by atoms with van der Waals surface area (Å²) >= 11 is 3.35. The molecule has 0 radical (unpaired) electrons. The molecule has 0 spiro atoms. The first-order chi connectivity index (χ1) is 14.7. The van der Waals surface area contributed by atoms with E-state index in [0.717, 1.165) is 37.8 Å². The Labute approximate surface area is 184 Å². The summed E-state index contributed by atoms with van der Waals surface area (Å²) in [5.74, 6) is -0.0844. The highest BCUT2D eigenvalue weighted by atomic mass is 32.2. The molecule has 3 nitrogen and oxygen atoms in total. The highest BCUT2D eigenvalue weighted by Crippen LogP contribution is 2.42. The Morgan fingerprint density at radius 3 is 2.43 bits per heavy atom. The first-order valence-corrected chi connectivity index (χ1v) is 11.5. The monoisotopic (exact) mass is 432 g/mol. The normalized spacial score (nSPS) is 10.7. The maximum Gasteiger partial charge on any atom is 0.335 e. The van der Waals surface area contributed by atoms with Crippen molar-refractivity contribution in [3.8, 4) is 27.3 Å². The molecule has 0 aliphatic heterocycles. The number of hydrogen-bond acceptors (Lipinski definition) is 4. The molecule has 0 bridgehead atoms. The first kappa shape index (κ1) is 20.3. The first-order valence-electron chi connectivity index (χ1n) is 9.42. The predicted molar refractivity (Wildman–Crippen MR) is 125 cm³/mol. The molecule has 0 aliphatic carbocycles. The predicted octanol–water partition coefficient (Wildman–Crippen LogP) is 7.08. The summed E-state index contributed by atoms with van der Waals surface area (Å²) in [4.78, 5) is 13.4. The van der Waals surface area contributed by atoms with Gasteiger partial charge in [-0.05, 0) is 59.2 Å². The minimum atomic E-state index is -0.920. The van der Waals surface area contributed by atoms with Crippen LogP contribution in [0.4, 0.5) is 0 Å². The molecule has 4 aromatic rings. The Morgan fingerprint density at radius 1 is 0.967 bits per heavy atom. The number of carboxylic acid groups (broad SMARTS) is 1. The minimum absolute atomic E-state index is 0.284. The van der Waals surface area contributed by atoms with Crippen molar-refractivity contribution in [3.05, 3.63) is 95.4 Å². The molecule has 150 valence electrons. The SMILES string of the molecule is CSc1ccc(OCc2ccccc2)c(-c2sccc2-c2ccc(C(=O)O)cc2)c1. The molecule has 0 atom stereocenters. The summed E-state index contributed by atoms with van der Waals surface area (Å²) in [7, 11) is 0. The van der Waals surface area contributed by atoms with Crippen LogP contribution in [0, 0.1) is 0 Å². The summed E-state index contributed by atoms with van der Waals surface area (Å²) in [5, 5.41) is 11.2. The number of ether oxygens (including phenoxy) is 1. The van der Waals surface area contributed by atoms with Crippen molar-refractivity contribution < 1.29 is 14.6 Å². The minimum Gasteiger partial charge on any atom is -0.488 e. The second-order valence-electron chi connectivity index (χ2n) is 6.68. The molecule has 0 unspecified atom stereocenters. The van der Waals surface area contributed by atoms with Crippen LogP contribution < -0.4 is 4.74 Å². The molecule has 5 heteroatoms. The van der Waals surface area contributed by atoms with Crippen LogP contribution in [0.25, 0.3) is 21.6 Å². The van der Waals surface area contributed by atoms with Crippen LogP contribution in [0.15, 0.2) is 89.1 Å². The van der Waals surface area contributed by atoms with Gasteiger partial charge in [-0.25, -0.2) is 4.79 Å². The number of thiophene rings is 1. The molecule has 0 aliphatic rings. The van der Waals surface area contributed by atoms with Crippen molar-refractivity contribution in [2.24, 2.45) is 0 Å². The van der Waals surface area contributed by atoms with Gasteiger partial charge in [-0.1, -0.05) is 42.5 Å². The molecule has 0 amide bonds. The maximum atomic E-state index is 11.2. The lowest BCUT2D eigenvalue weighted by atomic mass is 10.0. The molecule has 1 aromatic heterocycles. The molecule has 1 heterocycles. The van der Waals surface area contributed by atoms with Crippen LogP contribution in [0.1, 0.15) is 15.9 Å². The Kier molecular flexibility index (Phi) is 6.21. The van der Waals surface area contributed by atoms with Gasteiger partial charge in [-0.15, -0.1) is 23.1 Å². The van der Waals surface area contributed by atoms with E-state index in [1.54, 1.807) is 35.2 Å². The van der Waals surface area contributed by atoms with Crippen LogP contribution in [0.5, 0.6) is 5.75 Å². The fraction of sp³-hybridized carbons (Fsp3) is 0.0800. The lowest BCUT2D eigenvalue weighted by Gasteiger charge is -2.14. The third-order valence-corrected chi connectivity index (χ3v) is 6.45. The van der Waals surface area contributed by atoms with Gasteiger partial charge in [-0.3, -0.25) is 0 Å². The van der Waals surface area contributed by atoms with Crippen LogP contribution in [-0.4, -0.2) is 17.3 Å². The zero-order chi connectivity index (χ0) is 20.9. The van der Waals surface area contributed by atoms with Crippen LogP contribution in [-0.2, 0) is 6.61 Å². The van der Waals surface area contributed by atoms with Gasteiger partial charge in [0.2, 0.25) is 0 Å². The largest absolute Gasteiger partial charge is 0.488 e. The highest BCUT2D eigenvalue weighted by Gasteiger charge is 2.15. The molecule has 0 fully saturated rings. The van der Waals surface area contributed by atoms with Crippen LogP contribution in [0.3, 0.4) is 0 Å². The summed E-state index contributed by atoms with van der Waals surface area (Å²) < 4.78 is 6.21. The second kappa shape index (κ2) is 9.20. The average molecular weight is 433 g/mol. The van der Waals surface area contributed by atoms with Crippen molar-refractivity contribution in [1.29, 1.82) is 0 Å². The fourth-order valence-electron chi connectivity index (χ4n) is 3.21. The molecule has 0 saturated carbocycles. The maximum absolute atomic E-state index is 11.2. The van der Waals surface area contributed by atoms with Crippen LogP contribution in [0.2, 0.25) is 0 Å². The molecule has 1 N–H and O–H groups in total. The third-order valence-electron chi connectivity index (χ3n) is 4.78. The Bertz CT molecular complexity index is 1150. The number of hydrogen-bond donors (Lipinski definition) is 1. The van der Waals surface area contributed by atoms with Crippen molar-refractivity contribution in [3.63, 3.8) is 0 Å². The number of carbonyl (C=O) groups is 1. The average Bonchev–Trinajstić information content (AvgIpc) is 3.28. The van der Waals surface area contributed by atoms with Gasteiger partial charge < -0.3 is 9.84 Å². The van der Waals surface area contributed by atoms with Crippen LogP contribution >= 0.6 is 23.1 Å². The van der Waals surface area contributed by atoms with Crippen molar-refractivity contribution >= 4 is 29.1 Å². The van der Waals surface area contributed by atoms with Gasteiger partial charge in [0.15, 0.2) is 0 Å². The van der Waals surface area contributed by atoms with E-state index in [9.17, 15) is 4.79 Å². The summed E-state index contributed by atoms with van der Waals surface area (Å²) in [6, 6.07) is 25.5. The van der Waals surface area contributed by atoms with Gasteiger partial charge >= 0.3 is 5.97 Å². The number of benzene rings is 3. The van der Waals surface area contributed by atoms with Gasteiger partial charge in [0.05, 0.1) is 5.56 Å². The van der Waals surface area contributed by atoms with E-state index in [-0.39, 0.29) is 5.56 Å². The molecular weight excluding hydrogens is 412 g/mol. The fourth-order valence-corrected chi connectivity index (χ4v) is 4.59. The van der Waals surface area contributed by atoms with E-state index in [1.807, 2.05) is 36.4 Å². The third kappa shape index (κ3) is 4.42. The molecule has 4 rings (SSSR count). The number of thioether (sulfide) groups is 1. The summed E-state index contributed by atoms with van der Waals surface area (Å²) in [6.07, 6.45) is 2.06. The highest BCUT2D eigenvalue weighted by molar-refractivity contribution is 7.98. The quantitative estimate of drug-likeness (QED) is 0.317. The molecule has 3 aromatic carbocycles. The van der Waals surface area contributed by atoms with Crippen molar-refractivity contribution in [1.82, 2.24) is 0 Å². The van der Waals surface area contributed by atoms with E-state index >= 15 is 0 Å². The summed E-state index contributed by atoms with van der Waals surface area (Å²) in [6.45, 7) is 0.500. The smallest absolute Gasteiger partial charge is 0.335 e. The lowest BCUT2D eigenvalue weighted by molar-refractivity contribution is 0.0697. The Hall–Kier alpha value is -3.02. The van der Waals surface area contributed by atoms with E-state index in [0.29, 0.717) is 6.61 Å². The number of aromatic carboxylic acids is 1. The van der Waals surface area contributed by atoms with Crippen molar-refractivity contribution in [2.45, 2.75) is 11.5 Å². The Morgan fingerprint density at radius 2 is 1.73 bits per heavy atom. The van der Waals surface area contributed by atoms with Gasteiger partial charge in [0, 0.05) is 20.9 Å². The molecular formula is C25H20O3S2. The van der Waals surface area contributed by atoms with E-state index in [2.05, 4.69) is 42.0 Å². The number of rotatable bonds is 7. The van der Waals surface area contributed by atoms with E-state index in [4.69, 9.17) is 9.84 Å². The van der Waals surface area contributed by atoms with E-state index in [1.165, 1.54) is 0 Å². The second-order valence-corrected chi connectivity index (χ2v) is 8.48. The standard InChI is InChI=1S/C25H20O3S2/c1-29-20-11-12-23(28-16-17-5-3-2-4-6-17)22(15-20)24-21(13-14-30-24)18-7-9-19(10-8-18)25(26)27/h2-15H,16H2,1H3,(H,26,27). The molecule has 0 saturated heterocycles. The zero-order valence-electron chi connectivity index (χ0n) is 16.4. The lowest BCUT2D eigenvalue weighted by Crippen LogP contribution is -1.97. The van der Waals surface area contributed by atoms with Crippen molar-refractivity contribution in [2.75, 3.05) is 6.26 Å². The van der Waals surface area contributed by atoms with E-state index < -0.39 is 5.97 Å². The van der Waals surface area contributed by atoms with Gasteiger partial charge in [0.25, 0.3) is 0 Å². The summed E-state index contributed by atoms with van der Waals surface area (Å²) in [5.41, 5.74) is 4.50. The topological polar surface area (TPSA) is 46.5 Å².